The van der Waals surface area contributed by atoms with Gasteiger partial charge < -0.3 is 10.6 Å². The van der Waals surface area contributed by atoms with Gasteiger partial charge in [-0.3, -0.25) is 19.8 Å². The molecule has 0 unspecified atom stereocenters. The number of primary amides is 1. The number of imide groups is 1. The van der Waals surface area contributed by atoms with E-state index in [1.165, 1.54) is 0 Å². The Kier molecular flexibility index (Phi) is 11.8. The first-order valence-electron chi connectivity index (χ1n) is 6.40. The Bertz CT molecular complexity index is 375. The topological polar surface area (TPSA) is 114 Å². The first kappa shape index (κ1) is 21.9. The number of nitrogens with zero attached hydrogens (tertiary/aromatic N) is 1. The number of carbonyl (C=O) groups excluding carboxylic acids is 3. The molecule has 0 atom stereocenters. The Morgan fingerprint density at radius 1 is 1.05 bits per heavy atom. The van der Waals surface area contributed by atoms with Gasteiger partial charge in [0.05, 0.1) is 0 Å². The Balaban J connectivity index is 0. The van der Waals surface area contributed by atoms with Crippen molar-refractivity contribution in [2.24, 2.45) is 5.73 Å². The lowest BCUT2D eigenvalue weighted by molar-refractivity contribution is -0.167. The molecule has 7 nitrogen and oxygen atoms in total. The van der Waals surface area contributed by atoms with Crippen LogP contribution in [-0.2, 0) is 19.2 Å². The largest absolute Gasteiger partial charge is 0.370 e. The molecule has 0 aromatic heterocycles. The number of unbranched alkanes of at least 4 members (excludes halogenated alkanes) is 3. The van der Waals surface area contributed by atoms with E-state index in [4.69, 9.17) is 16.0 Å². The number of hydrogen-bond acceptors (Lipinski definition) is 5. The number of nitrogens with two attached hydrogens (primary N) is 1. The lowest BCUT2D eigenvalue weighted by Gasteiger charge is -2.14. The summed E-state index contributed by atoms with van der Waals surface area (Å²) >= 11 is 0. The van der Waals surface area contributed by atoms with Crippen LogP contribution in [0.4, 0.5) is 0 Å². The molecule has 1 fully saturated rings. The minimum atomic E-state index is -0.392. The summed E-state index contributed by atoms with van der Waals surface area (Å²) < 4.78 is 0. The van der Waals surface area contributed by atoms with Gasteiger partial charge in [0, 0.05) is 25.7 Å². The van der Waals surface area contributed by atoms with Gasteiger partial charge in [0.2, 0.25) is 11.8 Å². The molecule has 1 saturated heterocycles. The Hall–Kier alpha value is -1.34. The van der Waals surface area contributed by atoms with Crippen LogP contribution in [0.5, 0.6) is 0 Å². The highest BCUT2D eigenvalue weighted by atomic mass is 35.5. The van der Waals surface area contributed by atoms with E-state index in [0.717, 1.165) is 19.3 Å². The second-order valence-electron chi connectivity index (χ2n) is 4.48. The van der Waals surface area contributed by atoms with Gasteiger partial charge in [-0.15, -0.1) is 29.9 Å². The summed E-state index contributed by atoms with van der Waals surface area (Å²) in [7, 11) is 0. The van der Waals surface area contributed by atoms with Gasteiger partial charge >= 0.3 is 0 Å². The number of rotatable bonds is 8. The van der Waals surface area contributed by atoms with Crippen LogP contribution in [0.3, 0.4) is 0 Å². The SMILES string of the molecule is Cl.Cl.N=C(CCCCCCC(N)=O)ON1C(=O)CCC1=O. The number of hydroxylamine groups is 2. The fourth-order valence-electron chi connectivity index (χ4n) is 1.75. The molecular formula is C12H21Cl2N3O4. The highest BCUT2D eigenvalue weighted by Crippen LogP contribution is 2.13. The van der Waals surface area contributed by atoms with Crippen LogP contribution in [0.15, 0.2) is 0 Å². The zero-order valence-electron chi connectivity index (χ0n) is 11.6. The third-order valence-corrected chi connectivity index (χ3v) is 2.78. The molecule has 0 spiro atoms. The van der Waals surface area contributed by atoms with Crippen molar-refractivity contribution >= 4 is 48.4 Å². The molecule has 122 valence electrons. The summed E-state index contributed by atoms with van der Waals surface area (Å²) in [5.74, 6) is -1.17. The van der Waals surface area contributed by atoms with Crippen molar-refractivity contribution in [3.05, 3.63) is 0 Å². The molecule has 1 heterocycles. The van der Waals surface area contributed by atoms with E-state index >= 15 is 0 Å². The van der Waals surface area contributed by atoms with Crippen molar-refractivity contribution in [1.29, 1.82) is 5.41 Å². The van der Waals surface area contributed by atoms with Crippen molar-refractivity contribution in [3.63, 3.8) is 0 Å². The zero-order valence-corrected chi connectivity index (χ0v) is 13.3. The molecule has 21 heavy (non-hydrogen) atoms. The summed E-state index contributed by atoms with van der Waals surface area (Å²) in [6.45, 7) is 0. The van der Waals surface area contributed by atoms with E-state index in [0.29, 0.717) is 24.3 Å². The van der Waals surface area contributed by atoms with Crippen molar-refractivity contribution < 1.29 is 19.2 Å². The molecule has 0 aromatic rings. The van der Waals surface area contributed by atoms with Crippen LogP contribution in [0.25, 0.3) is 0 Å². The van der Waals surface area contributed by atoms with E-state index in [2.05, 4.69) is 0 Å². The monoisotopic (exact) mass is 341 g/mol. The molecule has 1 rings (SSSR count). The maximum atomic E-state index is 11.2. The third kappa shape index (κ3) is 8.52. The van der Waals surface area contributed by atoms with E-state index in [1.807, 2.05) is 0 Å². The summed E-state index contributed by atoms with van der Waals surface area (Å²) in [6.07, 6.45) is 4.22. The van der Waals surface area contributed by atoms with E-state index < -0.39 is 11.8 Å². The number of nitrogens with one attached hydrogen (secondary N) is 1. The van der Waals surface area contributed by atoms with Gasteiger partial charge in [-0.2, -0.15) is 0 Å². The molecule has 0 radical (unpaired) electrons. The minimum absolute atomic E-state index is 0. The van der Waals surface area contributed by atoms with Crippen LogP contribution in [0.1, 0.15) is 51.4 Å². The Morgan fingerprint density at radius 2 is 1.52 bits per heavy atom. The molecule has 1 aliphatic heterocycles. The number of carbonyl (C=O) groups is 3. The van der Waals surface area contributed by atoms with Crippen LogP contribution in [0, 0.1) is 5.41 Å². The molecular weight excluding hydrogens is 321 g/mol. The molecule has 1 aliphatic rings. The number of amides is 3. The third-order valence-electron chi connectivity index (χ3n) is 2.78. The standard InChI is InChI=1S/C12H19N3O4.2ClH/c13-9(16)5-3-1-2-4-6-10(14)19-15-11(17)7-8-12(15)18;;/h14H,1-8H2,(H2,13,16);2*1H. The summed E-state index contributed by atoms with van der Waals surface area (Å²) in [4.78, 5) is 37.9. The van der Waals surface area contributed by atoms with Gasteiger partial charge in [0.1, 0.15) is 0 Å². The molecule has 0 aromatic carbocycles. The van der Waals surface area contributed by atoms with Crippen LogP contribution in [-0.4, -0.2) is 28.7 Å². The second kappa shape index (κ2) is 11.3. The molecule has 3 amide bonds. The van der Waals surface area contributed by atoms with Crippen molar-refractivity contribution in [3.8, 4) is 0 Å². The van der Waals surface area contributed by atoms with Gasteiger partial charge in [0.15, 0.2) is 0 Å². The Labute approximate surface area is 135 Å². The zero-order chi connectivity index (χ0) is 14.3. The fraction of sp³-hybridized carbons (Fsp3) is 0.667. The van der Waals surface area contributed by atoms with Gasteiger partial charge in [0.25, 0.3) is 11.8 Å². The molecule has 0 bridgehead atoms. The number of halogens is 2. The maximum Gasteiger partial charge on any atom is 0.263 e. The van der Waals surface area contributed by atoms with Gasteiger partial charge in [-0.05, 0) is 12.8 Å². The molecule has 3 N–H and O–H groups in total. The van der Waals surface area contributed by atoms with Crippen molar-refractivity contribution in [2.75, 3.05) is 0 Å². The highest BCUT2D eigenvalue weighted by molar-refractivity contribution is 6.01. The second-order valence-corrected chi connectivity index (χ2v) is 4.48. The lowest BCUT2D eigenvalue weighted by atomic mass is 10.1. The predicted octanol–water partition coefficient (Wildman–Crippen LogP) is 1.71. The van der Waals surface area contributed by atoms with Crippen molar-refractivity contribution in [2.45, 2.75) is 51.4 Å². The smallest absolute Gasteiger partial charge is 0.263 e. The molecule has 0 saturated carbocycles. The van der Waals surface area contributed by atoms with E-state index in [9.17, 15) is 14.4 Å². The fourth-order valence-corrected chi connectivity index (χ4v) is 1.75. The average Bonchev–Trinajstić information content (AvgIpc) is 2.65. The highest BCUT2D eigenvalue weighted by Gasteiger charge is 2.31. The van der Waals surface area contributed by atoms with E-state index in [-0.39, 0.29) is 49.5 Å². The summed E-state index contributed by atoms with van der Waals surface area (Å²) in [5.41, 5.74) is 5.01. The van der Waals surface area contributed by atoms with Crippen LogP contribution < -0.4 is 5.73 Å². The summed E-state index contributed by atoms with van der Waals surface area (Å²) in [6, 6.07) is 0. The molecule has 9 heteroatoms. The normalized spacial score (nSPS) is 13.4. The van der Waals surface area contributed by atoms with Crippen LogP contribution >= 0.6 is 24.8 Å². The maximum absolute atomic E-state index is 11.2. The summed E-state index contributed by atoms with van der Waals surface area (Å²) in [5, 5.41) is 8.22. The van der Waals surface area contributed by atoms with Crippen molar-refractivity contribution in [1.82, 2.24) is 5.06 Å². The molecule has 0 aliphatic carbocycles. The first-order valence-corrected chi connectivity index (χ1v) is 6.40. The Morgan fingerprint density at radius 3 is 2.00 bits per heavy atom. The minimum Gasteiger partial charge on any atom is -0.370 e. The van der Waals surface area contributed by atoms with Gasteiger partial charge in [-0.1, -0.05) is 12.8 Å². The lowest BCUT2D eigenvalue weighted by Crippen LogP contribution is -2.31. The van der Waals surface area contributed by atoms with E-state index in [1.54, 1.807) is 0 Å². The van der Waals surface area contributed by atoms with Crippen LogP contribution in [0.2, 0.25) is 0 Å². The first-order chi connectivity index (χ1) is 9.00. The van der Waals surface area contributed by atoms with Gasteiger partial charge in [-0.25, -0.2) is 0 Å². The quantitative estimate of drug-likeness (QED) is 0.302. The average molecular weight is 342 g/mol. The predicted molar refractivity (Wildman–Crippen MR) is 81.3 cm³/mol. The number of hydrogen-bond donors (Lipinski definition) is 2.